The average Bonchev–Trinajstić information content (AvgIpc) is 4.22. The molecule has 2 aliphatic heterocycles. The van der Waals surface area contributed by atoms with E-state index in [9.17, 15) is 86.6 Å². The molecule has 83 heavy (non-hydrogen) atoms. The van der Waals surface area contributed by atoms with Gasteiger partial charge in [0.1, 0.15) is 48.0 Å². The van der Waals surface area contributed by atoms with Crippen LogP contribution in [-0.4, -0.2) is 108 Å². The molecule has 4 aromatic carbocycles. The summed E-state index contributed by atoms with van der Waals surface area (Å²) in [6.07, 6.45) is -22.2. The molecule has 4 amide bonds. The number of hydrogen-bond acceptors (Lipinski definition) is 11. The summed E-state index contributed by atoms with van der Waals surface area (Å²) in [4.78, 5) is 80.3. The SMILES string of the molecule is CN(C(=O)OC(C)(C)C)[C@H](CC(=O)O)C(=O)N1CCc2cc(OCc3ccc(C(F)(F)F)cc3C(F)(F)F)ccc21.COC(=O)C[C@H](C(=O)N1CCc2cc(OCc3ccc(C(F)(F)F)cc3C(F)(F)F)ccc21)N(C)C(=O)OC(C)(C)C. The lowest BCUT2D eigenvalue weighted by Gasteiger charge is -2.32. The Morgan fingerprint density at radius 2 is 0.892 bits per heavy atom. The molecule has 0 spiro atoms. The number of likely N-dealkylation sites (N-methyl/N-ethyl adjacent to an activating group) is 2. The minimum absolute atomic E-state index is 0.0344. The van der Waals surface area contributed by atoms with Crippen molar-refractivity contribution in [2.24, 2.45) is 0 Å². The number of carbonyl (C=O) groups is 6. The van der Waals surface area contributed by atoms with Crippen molar-refractivity contribution in [2.45, 2.75) is 128 Å². The van der Waals surface area contributed by atoms with Crippen LogP contribution >= 0.6 is 0 Å². The lowest BCUT2D eigenvalue weighted by atomic mass is 10.0. The van der Waals surface area contributed by atoms with Crippen LogP contribution in [0.4, 0.5) is 73.6 Å². The number of nitrogens with zero attached hydrogens (tertiary/aromatic N) is 4. The van der Waals surface area contributed by atoms with Gasteiger partial charge >= 0.3 is 48.8 Å². The summed E-state index contributed by atoms with van der Waals surface area (Å²) in [6, 6.07) is 8.67. The molecule has 1 N–H and O–H groups in total. The van der Waals surface area contributed by atoms with Crippen LogP contribution in [0.2, 0.25) is 0 Å². The van der Waals surface area contributed by atoms with E-state index in [2.05, 4.69) is 0 Å². The van der Waals surface area contributed by atoms with E-state index in [0.29, 0.717) is 53.5 Å². The zero-order valence-electron chi connectivity index (χ0n) is 46.0. The number of halogens is 12. The van der Waals surface area contributed by atoms with Gasteiger partial charge < -0.3 is 38.6 Å². The predicted molar refractivity (Wildman–Crippen MR) is 271 cm³/mol. The van der Waals surface area contributed by atoms with Gasteiger partial charge in [0.15, 0.2) is 0 Å². The molecule has 0 radical (unpaired) electrons. The first-order valence-electron chi connectivity index (χ1n) is 25.0. The number of carbonyl (C=O) groups excluding carboxylic acids is 5. The molecule has 28 heteroatoms. The highest BCUT2D eigenvalue weighted by Gasteiger charge is 2.42. The summed E-state index contributed by atoms with van der Waals surface area (Å²) in [5.74, 6) is -3.06. The maximum absolute atomic E-state index is 13.5. The average molecular weight is 1200 g/mol. The van der Waals surface area contributed by atoms with Gasteiger partial charge in [-0.05, 0) is 126 Å². The van der Waals surface area contributed by atoms with Crippen molar-refractivity contribution in [3.05, 3.63) is 117 Å². The second-order valence-electron chi connectivity index (χ2n) is 21.0. The third-order valence-corrected chi connectivity index (χ3v) is 12.5. The van der Waals surface area contributed by atoms with Crippen molar-refractivity contribution in [3.8, 4) is 11.5 Å². The number of carboxylic acids is 1. The van der Waals surface area contributed by atoms with Crippen molar-refractivity contribution in [2.75, 3.05) is 44.1 Å². The Bertz CT molecular complexity index is 3060. The summed E-state index contributed by atoms with van der Waals surface area (Å²) in [5, 5.41) is 9.36. The van der Waals surface area contributed by atoms with E-state index >= 15 is 0 Å². The van der Waals surface area contributed by atoms with Crippen molar-refractivity contribution >= 4 is 47.3 Å². The second kappa shape index (κ2) is 25.3. The number of benzene rings is 4. The van der Waals surface area contributed by atoms with Crippen LogP contribution in [0.5, 0.6) is 11.5 Å². The van der Waals surface area contributed by atoms with Crippen LogP contribution in [0.3, 0.4) is 0 Å². The van der Waals surface area contributed by atoms with Gasteiger partial charge in [-0.2, -0.15) is 52.7 Å². The van der Waals surface area contributed by atoms with E-state index in [-0.39, 0.29) is 36.7 Å². The third kappa shape index (κ3) is 17.5. The summed E-state index contributed by atoms with van der Waals surface area (Å²) in [6.45, 7) is 8.77. The van der Waals surface area contributed by atoms with Crippen LogP contribution in [-0.2, 0) is 84.1 Å². The molecule has 454 valence electrons. The molecule has 2 atom stereocenters. The Morgan fingerprint density at radius 3 is 1.20 bits per heavy atom. The Morgan fingerprint density at radius 1 is 0.530 bits per heavy atom. The van der Waals surface area contributed by atoms with Gasteiger partial charge in [0.05, 0.1) is 42.2 Å². The molecule has 0 saturated carbocycles. The lowest BCUT2D eigenvalue weighted by Crippen LogP contribution is -2.51. The summed E-state index contributed by atoms with van der Waals surface area (Å²) in [7, 11) is 3.72. The second-order valence-corrected chi connectivity index (χ2v) is 21.0. The van der Waals surface area contributed by atoms with Gasteiger partial charge in [-0.3, -0.25) is 29.0 Å². The summed E-state index contributed by atoms with van der Waals surface area (Å²) < 4.78 is 185. The fourth-order valence-electron chi connectivity index (χ4n) is 8.47. The van der Waals surface area contributed by atoms with E-state index < -0.39 is 143 Å². The number of alkyl halides is 12. The van der Waals surface area contributed by atoms with Crippen molar-refractivity contribution in [1.29, 1.82) is 0 Å². The van der Waals surface area contributed by atoms with E-state index in [0.717, 1.165) is 23.0 Å². The predicted octanol–water partition coefficient (Wildman–Crippen LogP) is 11.9. The first-order valence-corrected chi connectivity index (χ1v) is 25.0. The molecular weight excluding hydrogens is 1140 g/mol. The minimum Gasteiger partial charge on any atom is -0.489 e. The van der Waals surface area contributed by atoms with Crippen molar-refractivity contribution < 1.29 is 110 Å². The number of amides is 4. The minimum atomic E-state index is -5.04. The van der Waals surface area contributed by atoms with Gasteiger partial charge in [-0.25, -0.2) is 9.59 Å². The summed E-state index contributed by atoms with van der Waals surface area (Å²) >= 11 is 0. The smallest absolute Gasteiger partial charge is 0.416 e. The molecule has 0 aromatic heterocycles. The highest BCUT2D eigenvalue weighted by atomic mass is 19.4. The van der Waals surface area contributed by atoms with Gasteiger partial charge in [0.2, 0.25) is 0 Å². The van der Waals surface area contributed by atoms with Crippen LogP contribution in [0.25, 0.3) is 0 Å². The van der Waals surface area contributed by atoms with Gasteiger partial charge in [-0.15, -0.1) is 0 Å². The van der Waals surface area contributed by atoms with Gasteiger partial charge in [-0.1, -0.05) is 12.1 Å². The van der Waals surface area contributed by atoms with Crippen LogP contribution < -0.4 is 19.3 Å². The number of rotatable bonds is 14. The molecule has 0 fully saturated rings. The van der Waals surface area contributed by atoms with Crippen LogP contribution in [0, 0.1) is 0 Å². The molecule has 4 aromatic rings. The lowest BCUT2D eigenvalue weighted by molar-refractivity contribution is -0.145. The fraction of sp³-hybridized carbons (Fsp3) is 0.455. The van der Waals surface area contributed by atoms with Crippen molar-refractivity contribution in [1.82, 2.24) is 9.80 Å². The number of methoxy groups -OCH3 is 1. The fourth-order valence-corrected chi connectivity index (χ4v) is 8.47. The largest absolute Gasteiger partial charge is 0.489 e. The Hall–Kier alpha value is -7.94. The topological polar surface area (TPSA) is 182 Å². The Labute approximate surface area is 467 Å². The van der Waals surface area contributed by atoms with Crippen LogP contribution in [0.15, 0.2) is 72.8 Å². The number of esters is 1. The molecule has 0 saturated heterocycles. The highest BCUT2D eigenvalue weighted by molar-refractivity contribution is 6.03. The molecule has 0 unspecified atom stereocenters. The van der Waals surface area contributed by atoms with Crippen molar-refractivity contribution in [3.63, 3.8) is 0 Å². The maximum Gasteiger partial charge on any atom is 0.416 e. The molecular formula is C55H58F12N4O12. The number of ether oxygens (including phenoxy) is 5. The van der Waals surface area contributed by atoms with E-state index in [4.69, 9.17) is 23.7 Å². The summed E-state index contributed by atoms with van der Waals surface area (Å²) in [5.41, 5.74) is -6.53. The standard InChI is InChI=1S/C28H30F6N2O6.C27H28F6N2O6/c1-26(2,3)42-25(39)35(4)22(14-23(37)40-5)24(38)36-11-10-16-12-19(8-9-21(16)36)41-15-17-6-7-18(27(29,30)31)13-20(17)28(32,33)34;1-25(2,3)41-24(39)34(4)21(13-22(36)37)23(38)35-10-9-15-11-18(7-8-20(15)35)40-14-16-5-6-17(26(28,29)30)12-19(16)27(31,32)33/h6-9,12-13,22H,10-11,14-15H2,1-5H3;5-8,11-12,21H,9-10,13-14H2,1-4H3,(H,36,37)/t22-;21-/m11/s1. The third-order valence-electron chi connectivity index (χ3n) is 12.5. The van der Waals surface area contributed by atoms with Gasteiger partial charge in [0, 0.05) is 49.7 Å². The molecule has 16 nitrogen and oxygen atoms in total. The number of fused-ring (bicyclic) bond motifs is 2. The van der Waals surface area contributed by atoms with E-state index in [1.165, 1.54) is 60.3 Å². The van der Waals surface area contributed by atoms with E-state index in [1.807, 2.05) is 0 Å². The highest BCUT2D eigenvalue weighted by Crippen LogP contribution is 2.41. The molecule has 0 bridgehead atoms. The van der Waals surface area contributed by atoms with Gasteiger partial charge in [0.25, 0.3) is 11.8 Å². The molecule has 6 rings (SSSR count). The molecule has 2 aliphatic rings. The quantitative estimate of drug-likeness (QED) is 0.0718. The number of aliphatic carboxylic acids is 1. The first kappa shape index (κ1) is 65.9. The Kier molecular flexibility index (Phi) is 20.1. The zero-order valence-corrected chi connectivity index (χ0v) is 46.0. The van der Waals surface area contributed by atoms with Crippen LogP contribution in [0.1, 0.15) is 98.9 Å². The van der Waals surface area contributed by atoms with E-state index in [1.54, 1.807) is 41.5 Å². The first-order chi connectivity index (χ1) is 38.1. The molecule has 0 aliphatic carbocycles. The number of carboxylic acid groups (broad SMARTS) is 1. The monoisotopic (exact) mass is 1190 g/mol. The normalized spacial score (nSPS) is 14.3. The zero-order chi connectivity index (χ0) is 62.5. The Balaban J connectivity index is 0.000000304. The molecule has 2 heterocycles. The number of hydrogen-bond donors (Lipinski definition) is 1. The maximum atomic E-state index is 13.5. The number of anilines is 2.